The average Bonchev–Trinajstić information content (AvgIpc) is 3.15. The van der Waals surface area contributed by atoms with Gasteiger partial charge in [-0.15, -0.1) is 0 Å². The predicted molar refractivity (Wildman–Crippen MR) is 116 cm³/mol. The van der Waals surface area contributed by atoms with Crippen molar-refractivity contribution < 1.29 is 14.2 Å². The Morgan fingerprint density at radius 3 is 2.63 bits per heavy atom. The minimum absolute atomic E-state index is 0.212. The van der Waals surface area contributed by atoms with Gasteiger partial charge in [0.25, 0.3) is 10.7 Å². The van der Waals surface area contributed by atoms with Crippen LogP contribution < -0.4 is 11.2 Å². The first-order valence-electron chi connectivity index (χ1n) is 10.1. The monoisotopic (exact) mass is 433 g/mol. The van der Waals surface area contributed by atoms with Gasteiger partial charge in [0, 0.05) is 31.8 Å². The number of hydrogen-bond donors (Lipinski definition) is 1. The maximum Gasteiger partial charge on any atom is 0.330 e. The predicted octanol–water partition coefficient (Wildman–Crippen LogP) is 2.05. The summed E-state index contributed by atoms with van der Waals surface area (Å²) in [7, 11) is 0. The third-order valence-electron chi connectivity index (χ3n) is 5.04. The lowest BCUT2D eigenvalue weighted by molar-refractivity contribution is -0.0646. The van der Waals surface area contributed by atoms with E-state index < -0.39 is 23.6 Å². The number of hydrogen-bond acceptors (Lipinski definition) is 6. The number of aromatic amines is 1. The number of nitrogens with zero attached hydrogens (tertiary/aromatic N) is 2. The SMILES string of the molecule is CCN(CC)C(=S)OC[C@H]1O[C@H](n2ccc(=O)[nH]c2=O)C[C@@H]1OCc1ccccc1. The first kappa shape index (κ1) is 22.2. The van der Waals surface area contributed by atoms with Gasteiger partial charge >= 0.3 is 5.69 Å². The Morgan fingerprint density at radius 1 is 1.23 bits per heavy atom. The Morgan fingerprint density at radius 2 is 1.97 bits per heavy atom. The summed E-state index contributed by atoms with van der Waals surface area (Å²) in [5, 5.41) is 0.412. The molecule has 2 heterocycles. The van der Waals surface area contributed by atoms with Crippen LogP contribution in [0.25, 0.3) is 0 Å². The summed E-state index contributed by atoms with van der Waals surface area (Å²) in [5.41, 5.74) is 0.0746. The van der Waals surface area contributed by atoms with Gasteiger partial charge in [-0.25, -0.2) is 4.79 Å². The fourth-order valence-corrected chi connectivity index (χ4v) is 3.68. The Kier molecular flexibility index (Phi) is 7.78. The van der Waals surface area contributed by atoms with Crippen LogP contribution in [-0.4, -0.2) is 51.5 Å². The summed E-state index contributed by atoms with van der Waals surface area (Å²) in [6.45, 7) is 6.15. The highest BCUT2D eigenvalue weighted by atomic mass is 32.1. The van der Waals surface area contributed by atoms with Crippen LogP contribution in [0.3, 0.4) is 0 Å². The van der Waals surface area contributed by atoms with Crippen molar-refractivity contribution in [1.29, 1.82) is 0 Å². The minimum atomic E-state index is -0.564. The van der Waals surface area contributed by atoms with E-state index in [0.717, 1.165) is 18.7 Å². The van der Waals surface area contributed by atoms with Crippen LogP contribution in [0.15, 0.2) is 52.2 Å². The molecule has 0 aliphatic carbocycles. The first-order chi connectivity index (χ1) is 14.5. The summed E-state index contributed by atoms with van der Waals surface area (Å²) >= 11 is 5.36. The molecule has 0 spiro atoms. The molecule has 30 heavy (non-hydrogen) atoms. The molecular weight excluding hydrogens is 406 g/mol. The number of aromatic nitrogens is 2. The number of nitrogens with one attached hydrogen (secondary N) is 1. The number of H-pyrrole nitrogens is 1. The quantitative estimate of drug-likeness (QED) is 0.638. The highest BCUT2D eigenvalue weighted by Crippen LogP contribution is 2.30. The van der Waals surface area contributed by atoms with Gasteiger partial charge in [-0.05, 0) is 31.6 Å². The fourth-order valence-electron chi connectivity index (χ4n) is 3.35. The maximum atomic E-state index is 12.2. The van der Waals surface area contributed by atoms with Crippen molar-refractivity contribution in [3.8, 4) is 0 Å². The number of ether oxygens (including phenoxy) is 3. The Hall–Kier alpha value is -2.49. The van der Waals surface area contributed by atoms with E-state index in [1.165, 1.54) is 16.8 Å². The van der Waals surface area contributed by atoms with Gasteiger partial charge in [0.15, 0.2) is 0 Å². The van der Waals surface area contributed by atoms with Gasteiger partial charge in [-0.1, -0.05) is 30.3 Å². The van der Waals surface area contributed by atoms with E-state index in [9.17, 15) is 9.59 Å². The van der Waals surface area contributed by atoms with Crippen molar-refractivity contribution >= 4 is 17.4 Å². The minimum Gasteiger partial charge on any atom is -0.468 e. The summed E-state index contributed by atoms with van der Waals surface area (Å²) < 4.78 is 19.3. The van der Waals surface area contributed by atoms with E-state index in [0.29, 0.717) is 18.2 Å². The van der Waals surface area contributed by atoms with Gasteiger partial charge < -0.3 is 19.1 Å². The second-order valence-corrected chi connectivity index (χ2v) is 7.32. The third-order valence-corrected chi connectivity index (χ3v) is 5.42. The molecule has 0 unspecified atom stereocenters. The Balaban J connectivity index is 1.71. The molecule has 9 heteroatoms. The van der Waals surface area contributed by atoms with Crippen LogP contribution in [0.5, 0.6) is 0 Å². The van der Waals surface area contributed by atoms with Crippen molar-refractivity contribution in [3.63, 3.8) is 0 Å². The first-order valence-corrected chi connectivity index (χ1v) is 10.5. The van der Waals surface area contributed by atoms with Crippen LogP contribution in [-0.2, 0) is 20.8 Å². The summed E-state index contributed by atoms with van der Waals surface area (Å²) in [4.78, 5) is 27.7. The Bertz CT molecular complexity index is 941. The van der Waals surface area contributed by atoms with Crippen LogP contribution in [0.4, 0.5) is 0 Å². The summed E-state index contributed by atoms with van der Waals surface area (Å²) in [5.74, 6) is 0. The van der Waals surface area contributed by atoms with Crippen molar-refractivity contribution in [2.75, 3.05) is 19.7 Å². The van der Waals surface area contributed by atoms with Crippen molar-refractivity contribution in [1.82, 2.24) is 14.5 Å². The van der Waals surface area contributed by atoms with E-state index in [4.69, 9.17) is 26.4 Å². The normalized spacial score (nSPS) is 20.8. The molecule has 0 saturated carbocycles. The van der Waals surface area contributed by atoms with Crippen LogP contribution in [0.2, 0.25) is 0 Å². The summed E-state index contributed by atoms with van der Waals surface area (Å²) in [6, 6.07) is 11.1. The van der Waals surface area contributed by atoms with E-state index in [1.54, 1.807) is 0 Å². The molecule has 8 nitrogen and oxygen atoms in total. The number of thiocarbonyl (C=S) groups is 1. The molecule has 0 radical (unpaired) electrons. The van der Waals surface area contributed by atoms with Gasteiger partial charge in [0.05, 0.1) is 12.7 Å². The van der Waals surface area contributed by atoms with Crippen molar-refractivity contribution in [2.24, 2.45) is 0 Å². The zero-order chi connectivity index (χ0) is 21.5. The van der Waals surface area contributed by atoms with Crippen LogP contribution >= 0.6 is 12.2 Å². The standard InChI is InChI=1S/C21H27N3O5S/c1-3-23(4-2)21(30)28-14-17-16(27-13-15-8-6-5-7-9-15)12-19(29-17)24-11-10-18(25)22-20(24)26/h5-11,16-17,19H,3-4,12-14H2,1-2H3,(H,22,25,26)/t16-,17+,19-/m0/s1. The van der Waals surface area contributed by atoms with E-state index in [1.807, 2.05) is 49.1 Å². The van der Waals surface area contributed by atoms with E-state index >= 15 is 0 Å². The molecule has 1 fully saturated rings. The highest BCUT2D eigenvalue weighted by Gasteiger charge is 2.38. The maximum absolute atomic E-state index is 12.2. The van der Waals surface area contributed by atoms with Crippen molar-refractivity contribution in [3.05, 3.63) is 69.0 Å². The van der Waals surface area contributed by atoms with Crippen LogP contribution in [0.1, 0.15) is 32.1 Å². The van der Waals surface area contributed by atoms with E-state index in [-0.39, 0.29) is 12.7 Å². The van der Waals surface area contributed by atoms with Gasteiger partial charge in [0.1, 0.15) is 18.9 Å². The molecule has 162 valence electrons. The Labute approximate surface area is 180 Å². The number of benzene rings is 1. The molecule has 3 atom stereocenters. The average molecular weight is 434 g/mol. The lowest BCUT2D eigenvalue weighted by Crippen LogP contribution is -2.36. The molecule has 2 aromatic rings. The lowest BCUT2D eigenvalue weighted by atomic mass is 10.1. The van der Waals surface area contributed by atoms with Gasteiger partial charge in [-0.2, -0.15) is 0 Å². The molecule has 1 N–H and O–H groups in total. The van der Waals surface area contributed by atoms with Crippen molar-refractivity contribution in [2.45, 2.75) is 45.3 Å². The highest BCUT2D eigenvalue weighted by molar-refractivity contribution is 7.80. The molecule has 3 rings (SSSR count). The van der Waals surface area contributed by atoms with Gasteiger partial charge in [-0.3, -0.25) is 14.3 Å². The molecular formula is C21H27N3O5S. The topological polar surface area (TPSA) is 85.8 Å². The lowest BCUT2D eigenvalue weighted by Gasteiger charge is -2.24. The van der Waals surface area contributed by atoms with E-state index in [2.05, 4.69) is 4.98 Å². The summed E-state index contributed by atoms with van der Waals surface area (Å²) in [6.07, 6.45) is 0.611. The molecule has 1 aromatic carbocycles. The third kappa shape index (κ3) is 5.56. The molecule has 0 bridgehead atoms. The molecule has 1 aromatic heterocycles. The second kappa shape index (κ2) is 10.5. The molecule has 1 saturated heterocycles. The molecule has 1 aliphatic heterocycles. The fraction of sp³-hybridized carbons (Fsp3) is 0.476. The zero-order valence-electron chi connectivity index (χ0n) is 17.2. The second-order valence-electron chi connectivity index (χ2n) is 6.97. The van der Waals surface area contributed by atoms with Crippen LogP contribution in [0, 0.1) is 0 Å². The van der Waals surface area contributed by atoms with Gasteiger partial charge in [0.2, 0.25) is 0 Å². The zero-order valence-corrected chi connectivity index (χ0v) is 18.0. The smallest absolute Gasteiger partial charge is 0.330 e. The molecule has 0 amide bonds. The molecule has 1 aliphatic rings. The largest absolute Gasteiger partial charge is 0.468 e. The number of rotatable bonds is 8.